The second-order valence-corrected chi connectivity index (χ2v) is 7.21. The van der Waals surface area contributed by atoms with Crippen LogP contribution in [-0.2, 0) is 6.54 Å². The van der Waals surface area contributed by atoms with Gasteiger partial charge in [0.25, 0.3) is 5.91 Å². The van der Waals surface area contributed by atoms with Crippen molar-refractivity contribution in [2.45, 2.75) is 31.3 Å². The van der Waals surface area contributed by atoms with Crippen LogP contribution in [0.5, 0.6) is 0 Å². The van der Waals surface area contributed by atoms with Crippen molar-refractivity contribution in [2.24, 2.45) is 0 Å². The van der Waals surface area contributed by atoms with E-state index in [4.69, 9.17) is 0 Å². The molecule has 26 heavy (non-hydrogen) atoms. The third kappa shape index (κ3) is 2.39. The summed E-state index contributed by atoms with van der Waals surface area (Å²) in [6.45, 7) is 0.836. The Morgan fingerprint density at radius 1 is 1.08 bits per heavy atom. The molecule has 5 rings (SSSR count). The van der Waals surface area contributed by atoms with Gasteiger partial charge >= 0.3 is 0 Å². The lowest BCUT2D eigenvalue weighted by molar-refractivity contribution is 0.0720. The van der Waals surface area contributed by atoms with E-state index in [1.165, 1.54) is 6.42 Å². The average Bonchev–Trinajstić information content (AvgIpc) is 3.00. The van der Waals surface area contributed by atoms with Crippen molar-refractivity contribution in [3.8, 4) is 11.1 Å². The highest BCUT2D eigenvalue weighted by molar-refractivity contribution is 6.04. The van der Waals surface area contributed by atoms with Gasteiger partial charge in [0.2, 0.25) is 0 Å². The minimum absolute atomic E-state index is 0.00897. The standard InChI is InChI=1S/C21H20N4O/c26-20-19-18(23-16-5-2-1-3-6-16)17(15-7-11-22-12-8-15)13-25(19)14-21(24-20)9-4-10-21/h1-3,5-8,11-13,23H,4,9-10,14H2,(H,24,26). The number of amides is 1. The topological polar surface area (TPSA) is 59.0 Å². The zero-order chi connectivity index (χ0) is 17.6. The molecule has 3 aromatic rings. The van der Waals surface area contributed by atoms with Crippen LogP contribution in [-0.4, -0.2) is 21.0 Å². The minimum atomic E-state index is -0.0529. The molecular weight excluding hydrogens is 324 g/mol. The molecule has 2 aliphatic rings. The number of carbonyl (C=O) groups excluding carboxylic acids is 1. The Balaban J connectivity index is 1.65. The van der Waals surface area contributed by atoms with Crippen molar-refractivity contribution in [3.05, 3.63) is 66.7 Å². The fourth-order valence-electron chi connectivity index (χ4n) is 4.02. The molecule has 3 heterocycles. The molecule has 5 heteroatoms. The summed E-state index contributed by atoms with van der Waals surface area (Å²) >= 11 is 0. The molecule has 0 unspecified atom stereocenters. The molecule has 130 valence electrons. The maximum atomic E-state index is 13.0. The first-order chi connectivity index (χ1) is 12.7. The normalized spacial score (nSPS) is 17.3. The highest BCUT2D eigenvalue weighted by Gasteiger charge is 2.44. The SMILES string of the molecule is O=C1NC2(CCC2)Cn2cc(-c3ccncc3)c(Nc3ccccc3)c21. The van der Waals surface area contributed by atoms with E-state index in [2.05, 4.69) is 26.4 Å². The van der Waals surface area contributed by atoms with E-state index in [-0.39, 0.29) is 11.4 Å². The second-order valence-electron chi connectivity index (χ2n) is 7.21. The first kappa shape index (κ1) is 15.2. The van der Waals surface area contributed by atoms with Crippen molar-refractivity contribution in [1.29, 1.82) is 0 Å². The van der Waals surface area contributed by atoms with E-state index in [0.717, 1.165) is 41.9 Å². The Hall–Kier alpha value is -3.08. The van der Waals surface area contributed by atoms with Gasteiger partial charge in [0.15, 0.2) is 0 Å². The molecule has 5 nitrogen and oxygen atoms in total. The molecule has 0 saturated heterocycles. The summed E-state index contributed by atoms with van der Waals surface area (Å²) in [5, 5.41) is 6.74. The lowest BCUT2D eigenvalue weighted by atomic mass is 9.75. The van der Waals surface area contributed by atoms with Gasteiger partial charge in [-0.3, -0.25) is 9.78 Å². The van der Waals surface area contributed by atoms with E-state index >= 15 is 0 Å². The van der Waals surface area contributed by atoms with Gasteiger partial charge in [-0.05, 0) is 49.1 Å². The number of aromatic nitrogens is 2. The summed E-state index contributed by atoms with van der Waals surface area (Å²) in [5.41, 5.74) is 4.55. The highest BCUT2D eigenvalue weighted by Crippen LogP contribution is 2.42. The van der Waals surface area contributed by atoms with Gasteiger partial charge in [-0.25, -0.2) is 0 Å². The van der Waals surface area contributed by atoms with Gasteiger partial charge < -0.3 is 15.2 Å². The summed E-state index contributed by atoms with van der Waals surface area (Å²) in [6.07, 6.45) is 8.97. The Labute approximate surface area is 152 Å². The quantitative estimate of drug-likeness (QED) is 0.756. The van der Waals surface area contributed by atoms with Crippen LogP contribution in [0.15, 0.2) is 61.1 Å². The number of hydrogen-bond donors (Lipinski definition) is 2. The molecule has 1 saturated carbocycles. The average molecular weight is 344 g/mol. The van der Waals surface area contributed by atoms with Gasteiger partial charge in [0, 0.05) is 36.4 Å². The van der Waals surface area contributed by atoms with E-state index in [1.54, 1.807) is 12.4 Å². The van der Waals surface area contributed by atoms with Crippen LogP contribution in [0.25, 0.3) is 11.1 Å². The van der Waals surface area contributed by atoms with E-state index in [1.807, 2.05) is 42.5 Å². The van der Waals surface area contributed by atoms with Crippen molar-refractivity contribution in [3.63, 3.8) is 0 Å². The molecule has 1 aliphatic carbocycles. The first-order valence-corrected chi connectivity index (χ1v) is 9.02. The van der Waals surface area contributed by atoms with Gasteiger partial charge in [-0.1, -0.05) is 18.2 Å². The first-order valence-electron chi connectivity index (χ1n) is 9.02. The molecule has 0 radical (unpaired) electrons. The molecule has 0 bridgehead atoms. The van der Waals surface area contributed by atoms with Gasteiger partial charge in [0.05, 0.1) is 11.2 Å². The molecule has 1 spiro atoms. The summed E-state index contributed by atoms with van der Waals surface area (Å²) in [6, 6.07) is 13.9. The van der Waals surface area contributed by atoms with Crippen molar-refractivity contribution in [1.82, 2.24) is 14.9 Å². The molecule has 0 atom stereocenters. The Morgan fingerprint density at radius 3 is 2.54 bits per heavy atom. The Morgan fingerprint density at radius 2 is 1.85 bits per heavy atom. The summed E-state index contributed by atoms with van der Waals surface area (Å²) in [4.78, 5) is 17.1. The third-order valence-electron chi connectivity index (χ3n) is 5.49. The van der Waals surface area contributed by atoms with Gasteiger partial charge in [-0.15, -0.1) is 0 Å². The van der Waals surface area contributed by atoms with Crippen LogP contribution < -0.4 is 10.6 Å². The predicted molar refractivity (Wildman–Crippen MR) is 101 cm³/mol. The number of anilines is 2. The Bertz CT molecular complexity index is 958. The fourth-order valence-corrected chi connectivity index (χ4v) is 4.02. The van der Waals surface area contributed by atoms with Crippen LogP contribution in [0.3, 0.4) is 0 Å². The molecule has 1 fully saturated rings. The molecule has 2 N–H and O–H groups in total. The zero-order valence-electron chi connectivity index (χ0n) is 14.4. The summed E-state index contributed by atoms with van der Waals surface area (Å²) in [5.74, 6) is 0.00897. The third-order valence-corrected chi connectivity index (χ3v) is 5.49. The van der Waals surface area contributed by atoms with Crippen molar-refractivity contribution in [2.75, 3.05) is 5.32 Å². The number of nitrogens with one attached hydrogen (secondary N) is 2. The van der Waals surface area contributed by atoms with Crippen LogP contribution in [0.4, 0.5) is 11.4 Å². The maximum Gasteiger partial charge on any atom is 0.270 e. The monoisotopic (exact) mass is 344 g/mol. The minimum Gasteiger partial charge on any atom is -0.353 e. The molecule has 1 aliphatic heterocycles. The number of benzene rings is 1. The lowest BCUT2D eigenvalue weighted by Gasteiger charge is -2.45. The largest absolute Gasteiger partial charge is 0.353 e. The highest BCUT2D eigenvalue weighted by atomic mass is 16.2. The lowest BCUT2D eigenvalue weighted by Crippen LogP contribution is -2.59. The Kier molecular flexibility index (Phi) is 3.35. The van der Waals surface area contributed by atoms with Crippen LogP contribution in [0, 0.1) is 0 Å². The van der Waals surface area contributed by atoms with Crippen LogP contribution >= 0.6 is 0 Å². The number of fused-ring (bicyclic) bond motifs is 1. The number of rotatable bonds is 3. The van der Waals surface area contributed by atoms with E-state index in [9.17, 15) is 4.79 Å². The fraction of sp³-hybridized carbons (Fsp3) is 0.238. The van der Waals surface area contributed by atoms with Gasteiger partial charge in [0.1, 0.15) is 5.69 Å². The summed E-state index contributed by atoms with van der Waals surface area (Å²) < 4.78 is 2.12. The number of para-hydroxylation sites is 1. The second kappa shape index (κ2) is 5.73. The molecule has 2 aromatic heterocycles. The number of carbonyl (C=O) groups is 1. The zero-order valence-corrected chi connectivity index (χ0v) is 14.4. The number of pyridine rings is 1. The van der Waals surface area contributed by atoms with Crippen LogP contribution in [0.1, 0.15) is 29.8 Å². The number of hydrogen-bond acceptors (Lipinski definition) is 3. The molecular formula is C21H20N4O. The van der Waals surface area contributed by atoms with E-state index < -0.39 is 0 Å². The smallest absolute Gasteiger partial charge is 0.270 e. The van der Waals surface area contributed by atoms with E-state index in [0.29, 0.717) is 5.69 Å². The summed E-state index contributed by atoms with van der Waals surface area (Å²) in [7, 11) is 0. The van der Waals surface area contributed by atoms with Crippen molar-refractivity contribution < 1.29 is 4.79 Å². The number of nitrogens with zero attached hydrogens (tertiary/aromatic N) is 2. The maximum absolute atomic E-state index is 13.0. The predicted octanol–water partition coefficient (Wildman–Crippen LogP) is 3.96. The van der Waals surface area contributed by atoms with Crippen molar-refractivity contribution >= 4 is 17.3 Å². The molecule has 1 aromatic carbocycles. The van der Waals surface area contributed by atoms with Gasteiger partial charge in [-0.2, -0.15) is 0 Å². The molecule has 1 amide bonds. The van der Waals surface area contributed by atoms with Crippen LogP contribution in [0.2, 0.25) is 0 Å².